The molecule has 3 heterocycles. The van der Waals surface area contributed by atoms with Crippen LogP contribution in [0, 0.1) is 25.7 Å². The first-order chi connectivity index (χ1) is 13.5. The summed E-state index contributed by atoms with van der Waals surface area (Å²) in [6, 6.07) is 9.90. The highest BCUT2D eigenvalue weighted by Crippen LogP contribution is 2.40. The van der Waals surface area contributed by atoms with Crippen LogP contribution in [0.15, 0.2) is 30.3 Å². The number of likely N-dealkylation sites (tertiary alicyclic amines) is 1. The standard InChI is InChI=1S/C21H25N3O4/c1-13-18(14(2)24(22-13)16-6-4-3-5-7-16)19-17(9-11-28-19)20(25)23-10-8-15(12-23)21(26)27/h3-7,15,17,19H,8-12H2,1-2H3,(H,26,27)/t15?,17-,19-/m0/s1. The highest BCUT2D eigenvalue weighted by molar-refractivity contribution is 5.82. The Hall–Kier alpha value is -2.67. The lowest BCUT2D eigenvalue weighted by molar-refractivity contribution is -0.141. The van der Waals surface area contributed by atoms with E-state index in [1.54, 1.807) is 4.90 Å². The minimum Gasteiger partial charge on any atom is -0.481 e. The number of benzene rings is 1. The van der Waals surface area contributed by atoms with Crippen LogP contribution in [0.5, 0.6) is 0 Å². The molecule has 0 radical (unpaired) electrons. The Balaban J connectivity index is 1.60. The number of ether oxygens (including phenoxy) is 1. The lowest BCUT2D eigenvalue weighted by atomic mass is 9.92. The molecule has 7 heteroatoms. The molecule has 28 heavy (non-hydrogen) atoms. The van der Waals surface area contributed by atoms with Gasteiger partial charge in [0.2, 0.25) is 5.91 Å². The third kappa shape index (κ3) is 3.20. The van der Waals surface area contributed by atoms with Gasteiger partial charge in [-0.05, 0) is 38.8 Å². The number of nitrogens with zero attached hydrogens (tertiary/aromatic N) is 3. The number of hydrogen-bond donors (Lipinski definition) is 1. The summed E-state index contributed by atoms with van der Waals surface area (Å²) in [5.41, 5.74) is 3.77. The maximum atomic E-state index is 13.1. The number of rotatable bonds is 4. The Kier molecular flexibility index (Phi) is 4.93. The van der Waals surface area contributed by atoms with Crippen molar-refractivity contribution in [1.29, 1.82) is 0 Å². The van der Waals surface area contributed by atoms with Crippen LogP contribution in [0.4, 0.5) is 0 Å². The molecule has 1 amide bonds. The summed E-state index contributed by atoms with van der Waals surface area (Å²) in [4.78, 5) is 26.0. The maximum Gasteiger partial charge on any atom is 0.308 e. The van der Waals surface area contributed by atoms with Crippen LogP contribution >= 0.6 is 0 Å². The van der Waals surface area contributed by atoms with Crippen LogP contribution in [0.1, 0.15) is 35.9 Å². The van der Waals surface area contributed by atoms with Crippen LogP contribution < -0.4 is 0 Å². The lowest BCUT2D eigenvalue weighted by Crippen LogP contribution is -2.36. The van der Waals surface area contributed by atoms with Gasteiger partial charge in [0.1, 0.15) is 0 Å². The molecule has 0 bridgehead atoms. The molecule has 2 aliphatic heterocycles. The van der Waals surface area contributed by atoms with Crippen molar-refractivity contribution >= 4 is 11.9 Å². The number of aliphatic carboxylic acids is 1. The zero-order valence-electron chi connectivity index (χ0n) is 16.2. The highest BCUT2D eigenvalue weighted by atomic mass is 16.5. The molecule has 1 aromatic heterocycles. The van der Waals surface area contributed by atoms with E-state index in [1.807, 2.05) is 48.9 Å². The molecule has 0 aliphatic carbocycles. The molecule has 148 valence electrons. The molecule has 3 atom stereocenters. The van der Waals surface area contributed by atoms with E-state index in [-0.39, 0.29) is 17.9 Å². The van der Waals surface area contributed by atoms with Gasteiger partial charge >= 0.3 is 5.97 Å². The van der Waals surface area contributed by atoms with E-state index in [9.17, 15) is 14.7 Å². The van der Waals surface area contributed by atoms with Crippen molar-refractivity contribution in [2.45, 2.75) is 32.8 Å². The Morgan fingerprint density at radius 1 is 1.18 bits per heavy atom. The van der Waals surface area contributed by atoms with E-state index in [0.717, 1.165) is 22.6 Å². The smallest absolute Gasteiger partial charge is 0.308 e. The molecule has 7 nitrogen and oxygen atoms in total. The number of para-hydroxylation sites is 1. The van der Waals surface area contributed by atoms with Crippen LogP contribution in [0.3, 0.4) is 0 Å². The normalized spacial score (nSPS) is 24.6. The van der Waals surface area contributed by atoms with Crippen molar-refractivity contribution in [3.8, 4) is 5.69 Å². The van der Waals surface area contributed by atoms with Crippen molar-refractivity contribution in [1.82, 2.24) is 14.7 Å². The average Bonchev–Trinajstić information content (AvgIpc) is 3.41. The molecule has 4 rings (SSSR count). The van der Waals surface area contributed by atoms with Gasteiger partial charge < -0.3 is 14.7 Å². The Morgan fingerprint density at radius 3 is 2.61 bits per heavy atom. The van der Waals surface area contributed by atoms with Gasteiger partial charge in [0.15, 0.2) is 0 Å². The van der Waals surface area contributed by atoms with Gasteiger partial charge in [-0.1, -0.05) is 18.2 Å². The number of aromatic nitrogens is 2. The second kappa shape index (κ2) is 7.39. The maximum absolute atomic E-state index is 13.1. The number of aryl methyl sites for hydroxylation is 1. The molecule has 1 N–H and O–H groups in total. The molecule has 2 aliphatic rings. The van der Waals surface area contributed by atoms with Gasteiger partial charge in [-0.15, -0.1) is 0 Å². The number of carboxylic acids is 1. The van der Waals surface area contributed by atoms with Crippen molar-refractivity contribution in [3.05, 3.63) is 47.3 Å². The minimum atomic E-state index is -0.828. The molecule has 1 aromatic carbocycles. The molecule has 1 unspecified atom stereocenters. The molecular formula is C21H25N3O4. The summed E-state index contributed by atoms with van der Waals surface area (Å²) >= 11 is 0. The highest BCUT2D eigenvalue weighted by Gasteiger charge is 2.42. The SMILES string of the molecule is Cc1nn(-c2ccccc2)c(C)c1[C@H]1OCC[C@@H]1C(=O)N1CCC(C(=O)O)C1. The fraction of sp³-hybridized carbons (Fsp3) is 0.476. The molecule has 2 fully saturated rings. The Bertz CT molecular complexity index is 893. The quantitative estimate of drug-likeness (QED) is 0.877. The summed E-state index contributed by atoms with van der Waals surface area (Å²) in [5.74, 6) is -1.59. The first kappa shape index (κ1) is 18.7. The number of carboxylic acid groups (broad SMARTS) is 1. The summed E-state index contributed by atoms with van der Waals surface area (Å²) < 4.78 is 7.89. The van der Waals surface area contributed by atoms with Crippen LogP contribution in [0.25, 0.3) is 5.69 Å². The molecule has 0 saturated carbocycles. The lowest BCUT2D eigenvalue weighted by Gasteiger charge is -2.24. The van der Waals surface area contributed by atoms with Crippen molar-refractivity contribution in [2.75, 3.05) is 19.7 Å². The average molecular weight is 383 g/mol. The Labute approximate surface area is 163 Å². The minimum absolute atomic E-state index is 0.00230. The summed E-state index contributed by atoms with van der Waals surface area (Å²) in [6.45, 7) is 5.26. The predicted octanol–water partition coefficient (Wildman–Crippen LogP) is 2.50. The van der Waals surface area contributed by atoms with E-state index in [1.165, 1.54) is 0 Å². The molecule has 0 spiro atoms. The third-order valence-corrected chi connectivity index (χ3v) is 5.89. The zero-order valence-corrected chi connectivity index (χ0v) is 16.2. The molecule has 2 saturated heterocycles. The van der Waals surface area contributed by atoms with Gasteiger partial charge in [-0.25, -0.2) is 4.68 Å². The van der Waals surface area contributed by atoms with Crippen molar-refractivity contribution in [3.63, 3.8) is 0 Å². The second-order valence-corrected chi connectivity index (χ2v) is 7.63. The van der Waals surface area contributed by atoms with Gasteiger partial charge in [-0.3, -0.25) is 9.59 Å². The zero-order chi connectivity index (χ0) is 19.8. The summed E-state index contributed by atoms with van der Waals surface area (Å²) in [7, 11) is 0. The topological polar surface area (TPSA) is 84.7 Å². The van der Waals surface area contributed by atoms with E-state index >= 15 is 0 Å². The van der Waals surface area contributed by atoms with Crippen molar-refractivity contribution < 1.29 is 19.4 Å². The first-order valence-corrected chi connectivity index (χ1v) is 9.72. The van der Waals surface area contributed by atoms with E-state index in [4.69, 9.17) is 4.74 Å². The molecule has 2 aromatic rings. The monoisotopic (exact) mass is 383 g/mol. The fourth-order valence-corrected chi connectivity index (χ4v) is 4.41. The number of hydrogen-bond acceptors (Lipinski definition) is 4. The Morgan fingerprint density at radius 2 is 1.93 bits per heavy atom. The second-order valence-electron chi connectivity index (χ2n) is 7.63. The van der Waals surface area contributed by atoms with E-state index in [2.05, 4.69) is 5.10 Å². The largest absolute Gasteiger partial charge is 0.481 e. The third-order valence-electron chi connectivity index (χ3n) is 5.89. The van der Waals surface area contributed by atoms with Gasteiger partial charge in [0.25, 0.3) is 0 Å². The van der Waals surface area contributed by atoms with E-state index in [0.29, 0.717) is 32.5 Å². The number of carbonyl (C=O) groups is 2. The van der Waals surface area contributed by atoms with Crippen LogP contribution in [0.2, 0.25) is 0 Å². The molecular weight excluding hydrogens is 358 g/mol. The van der Waals surface area contributed by atoms with Gasteiger partial charge in [0, 0.05) is 31.0 Å². The predicted molar refractivity (Wildman–Crippen MR) is 102 cm³/mol. The van der Waals surface area contributed by atoms with Gasteiger partial charge in [0.05, 0.1) is 29.3 Å². The van der Waals surface area contributed by atoms with E-state index < -0.39 is 11.9 Å². The number of carbonyl (C=O) groups excluding carboxylic acids is 1. The first-order valence-electron chi connectivity index (χ1n) is 9.72. The summed E-state index contributed by atoms with van der Waals surface area (Å²) in [6.07, 6.45) is 0.824. The summed E-state index contributed by atoms with van der Waals surface area (Å²) in [5, 5.41) is 13.9. The van der Waals surface area contributed by atoms with Crippen LogP contribution in [-0.4, -0.2) is 51.4 Å². The fourth-order valence-electron chi connectivity index (χ4n) is 4.41. The van der Waals surface area contributed by atoms with Crippen molar-refractivity contribution in [2.24, 2.45) is 11.8 Å². The number of amides is 1. The van der Waals surface area contributed by atoms with Crippen LogP contribution in [-0.2, 0) is 14.3 Å². The van der Waals surface area contributed by atoms with Gasteiger partial charge in [-0.2, -0.15) is 5.10 Å².